The molecule has 0 bridgehead atoms. The predicted molar refractivity (Wildman–Crippen MR) is 90.1 cm³/mol. The van der Waals surface area contributed by atoms with E-state index < -0.39 is 5.91 Å². The van der Waals surface area contributed by atoms with Crippen LogP contribution in [-0.2, 0) is 13.6 Å². The van der Waals surface area contributed by atoms with Crippen LogP contribution in [0.1, 0.15) is 27.9 Å². The second kappa shape index (κ2) is 6.06. The maximum atomic E-state index is 12.3. The van der Waals surface area contributed by atoms with Crippen LogP contribution in [0.4, 0.5) is 0 Å². The summed E-state index contributed by atoms with van der Waals surface area (Å²) >= 11 is 0. The van der Waals surface area contributed by atoms with E-state index in [2.05, 4.69) is 30.5 Å². The van der Waals surface area contributed by atoms with E-state index in [9.17, 15) is 4.79 Å². The largest absolute Gasteiger partial charge is 0.348 e. The third kappa shape index (κ3) is 2.81. The number of aromatic nitrogens is 7. The molecule has 0 aliphatic heterocycles. The summed E-state index contributed by atoms with van der Waals surface area (Å²) in [4.78, 5) is 25.0. The molecule has 1 amide bonds. The average Bonchev–Trinajstić information content (AvgIpc) is 3.31. The number of hydrogen-bond donors (Lipinski definition) is 1. The number of rotatable bonds is 4. The SMILES string of the molecule is Cc1cc(C)n2nc(C(=O)NCc3nc(-c4cccn4C)no3)nc2n1. The van der Waals surface area contributed by atoms with Crippen LogP contribution in [0.2, 0.25) is 0 Å². The topological polar surface area (TPSA) is 116 Å². The van der Waals surface area contributed by atoms with E-state index in [1.165, 1.54) is 4.52 Å². The van der Waals surface area contributed by atoms with Crippen LogP contribution in [0.3, 0.4) is 0 Å². The molecule has 132 valence electrons. The van der Waals surface area contributed by atoms with Crippen molar-refractivity contribution in [3.63, 3.8) is 0 Å². The molecule has 0 saturated heterocycles. The number of nitrogens with one attached hydrogen (secondary N) is 1. The maximum Gasteiger partial charge on any atom is 0.291 e. The number of amides is 1. The number of fused-ring (bicyclic) bond motifs is 1. The van der Waals surface area contributed by atoms with E-state index in [1.54, 1.807) is 0 Å². The van der Waals surface area contributed by atoms with Crippen molar-refractivity contribution in [3.05, 3.63) is 47.5 Å². The summed E-state index contributed by atoms with van der Waals surface area (Å²) in [5.41, 5.74) is 2.49. The smallest absolute Gasteiger partial charge is 0.291 e. The van der Waals surface area contributed by atoms with Gasteiger partial charge in [-0.2, -0.15) is 9.97 Å². The number of carbonyl (C=O) groups is 1. The molecule has 0 fully saturated rings. The van der Waals surface area contributed by atoms with Crippen LogP contribution in [0.15, 0.2) is 28.9 Å². The zero-order valence-corrected chi connectivity index (χ0v) is 14.5. The molecule has 0 unspecified atom stereocenters. The van der Waals surface area contributed by atoms with Crippen molar-refractivity contribution in [3.8, 4) is 11.5 Å². The molecule has 0 aliphatic carbocycles. The van der Waals surface area contributed by atoms with Crippen molar-refractivity contribution in [1.82, 2.24) is 39.6 Å². The summed E-state index contributed by atoms with van der Waals surface area (Å²) in [5.74, 6) is 0.738. The fourth-order valence-electron chi connectivity index (χ4n) is 2.62. The summed E-state index contributed by atoms with van der Waals surface area (Å²) in [6.07, 6.45) is 1.89. The zero-order valence-electron chi connectivity index (χ0n) is 14.5. The van der Waals surface area contributed by atoms with E-state index in [0.717, 1.165) is 17.1 Å². The molecule has 1 N–H and O–H groups in total. The van der Waals surface area contributed by atoms with Gasteiger partial charge in [0.15, 0.2) is 0 Å². The molecule has 4 heterocycles. The van der Waals surface area contributed by atoms with Crippen LogP contribution < -0.4 is 5.32 Å². The van der Waals surface area contributed by atoms with Crippen LogP contribution >= 0.6 is 0 Å². The van der Waals surface area contributed by atoms with Gasteiger partial charge in [-0.1, -0.05) is 5.16 Å². The Bertz CT molecular complexity index is 1110. The lowest BCUT2D eigenvalue weighted by atomic mass is 10.4. The Morgan fingerprint density at radius 1 is 1.27 bits per heavy atom. The fraction of sp³-hybridized carbons (Fsp3) is 0.250. The second-order valence-corrected chi connectivity index (χ2v) is 5.88. The number of hydrogen-bond acceptors (Lipinski definition) is 7. The first kappa shape index (κ1) is 15.9. The lowest BCUT2D eigenvalue weighted by Crippen LogP contribution is -2.24. The Balaban J connectivity index is 1.48. The van der Waals surface area contributed by atoms with Crippen LogP contribution in [0.5, 0.6) is 0 Å². The van der Waals surface area contributed by atoms with E-state index in [4.69, 9.17) is 4.52 Å². The molecule has 0 saturated carbocycles. The van der Waals surface area contributed by atoms with Gasteiger partial charge in [0.2, 0.25) is 17.5 Å². The lowest BCUT2D eigenvalue weighted by molar-refractivity contribution is 0.0936. The van der Waals surface area contributed by atoms with Crippen molar-refractivity contribution >= 4 is 11.7 Å². The summed E-state index contributed by atoms with van der Waals surface area (Å²) in [6, 6.07) is 5.64. The molecular formula is C16H16N8O2. The normalized spacial score (nSPS) is 11.2. The Hall–Kier alpha value is -3.56. The molecule has 0 aromatic carbocycles. The third-order valence-corrected chi connectivity index (χ3v) is 3.86. The Morgan fingerprint density at radius 2 is 2.12 bits per heavy atom. The first-order chi connectivity index (χ1) is 12.5. The van der Waals surface area contributed by atoms with Gasteiger partial charge in [0, 0.05) is 24.6 Å². The Morgan fingerprint density at radius 3 is 2.88 bits per heavy atom. The van der Waals surface area contributed by atoms with Gasteiger partial charge in [0.1, 0.15) is 0 Å². The van der Waals surface area contributed by atoms with Crippen molar-refractivity contribution in [1.29, 1.82) is 0 Å². The minimum Gasteiger partial charge on any atom is -0.348 e. The van der Waals surface area contributed by atoms with Crippen LogP contribution in [0, 0.1) is 13.8 Å². The van der Waals surface area contributed by atoms with Gasteiger partial charge in [0.25, 0.3) is 11.7 Å². The highest BCUT2D eigenvalue weighted by Gasteiger charge is 2.17. The molecule has 4 aromatic rings. The van der Waals surface area contributed by atoms with Gasteiger partial charge >= 0.3 is 0 Å². The molecule has 0 aliphatic rings. The first-order valence-electron chi connectivity index (χ1n) is 7.95. The van der Waals surface area contributed by atoms with E-state index in [1.807, 2.05) is 49.9 Å². The summed E-state index contributed by atoms with van der Waals surface area (Å²) in [7, 11) is 1.89. The van der Waals surface area contributed by atoms with Crippen molar-refractivity contribution in [2.75, 3.05) is 0 Å². The minimum absolute atomic E-state index is 0.0355. The zero-order chi connectivity index (χ0) is 18.3. The van der Waals surface area contributed by atoms with Crippen molar-refractivity contribution < 1.29 is 9.32 Å². The Labute approximate surface area is 147 Å². The molecule has 0 atom stereocenters. The highest BCUT2D eigenvalue weighted by Crippen LogP contribution is 2.15. The second-order valence-electron chi connectivity index (χ2n) is 5.88. The highest BCUT2D eigenvalue weighted by atomic mass is 16.5. The molecular weight excluding hydrogens is 336 g/mol. The van der Waals surface area contributed by atoms with Gasteiger partial charge in [-0.15, -0.1) is 5.10 Å². The lowest BCUT2D eigenvalue weighted by Gasteiger charge is -1.98. The maximum absolute atomic E-state index is 12.3. The summed E-state index contributed by atoms with van der Waals surface area (Å²) in [5, 5.41) is 10.8. The molecule has 4 aromatic heterocycles. The molecule has 4 rings (SSSR count). The first-order valence-corrected chi connectivity index (χ1v) is 7.95. The van der Waals surface area contributed by atoms with Crippen molar-refractivity contribution in [2.45, 2.75) is 20.4 Å². The number of nitrogens with zero attached hydrogens (tertiary/aromatic N) is 7. The Kier molecular flexibility index (Phi) is 3.72. The highest BCUT2D eigenvalue weighted by molar-refractivity contribution is 5.90. The molecule has 0 spiro atoms. The van der Waals surface area contributed by atoms with Gasteiger partial charge in [-0.3, -0.25) is 4.79 Å². The fourth-order valence-corrected chi connectivity index (χ4v) is 2.62. The van der Waals surface area contributed by atoms with Gasteiger partial charge in [0.05, 0.1) is 12.2 Å². The van der Waals surface area contributed by atoms with E-state index in [-0.39, 0.29) is 12.4 Å². The van der Waals surface area contributed by atoms with Gasteiger partial charge < -0.3 is 14.4 Å². The third-order valence-electron chi connectivity index (χ3n) is 3.86. The standard InChI is InChI=1S/C16H16N8O2/c1-9-7-10(2)24-16(18-9)20-14(21-24)15(25)17-8-12-19-13(22-26-12)11-5-4-6-23(11)3/h4-7H,8H2,1-3H3,(H,17,25). The number of aryl methyl sites for hydroxylation is 3. The quantitative estimate of drug-likeness (QED) is 0.584. The van der Waals surface area contributed by atoms with E-state index in [0.29, 0.717) is 17.5 Å². The van der Waals surface area contributed by atoms with Gasteiger partial charge in [-0.05, 0) is 32.0 Å². The average molecular weight is 352 g/mol. The molecule has 10 nitrogen and oxygen atoms in total. The minimum atomic E-state index is -0.439. The molecule has 10 heteroatoms. The monoisotopic (exact) mass is 352 g/mol. The summed E-state index contributed by atoms with van der Waals surface area (Å²) in [6.45, 7) is 3.82. The summed E-state index contributed by atoms with van der Waals surface area (Å²) < 4.78 is 8.59. The van der Waals surface area contributed by atoms with Crippen LogP contribution in [0.25, 0.3) is 17.3 Å². The van der Waals surface area contributed by atoms with E-state index >= 15 is 0 Å². The molecule has 26 heavy (non-hydrogen) atoms. The molecule has 0 radical (unpaired) electrons. The van der Waals surface area contributed by atoms with Gasteiger partial charge in [-0.25, -0.2) is 9.50 Å². The number of carbonyl (C=O) groups excluding carboxylic acids is 1. The predicted octanol–water partition coefficient (Wildman–Crippen LogP) is 1.06. The van der Waals surface area contributed by atoms with Crippen LogP contribution in [-0.4, -0.2) is 40.2 Å². The van der Waals surface area contributed by atoms with Crippen molar-refractivity contribution in [2.24, 2.45) is 7.05 Å².